The topological polar surface area (TPSA) is 54.8 Å². The van der Waals surface area contributed by atoms with Gasteiger partial charge in [-0.15, -0.1) is 5.10 Å². The van der Waals surface area contributed by atoms with Crippen LogP contribution in [0.1, 0.15) is 23.6 Å². The number of nitrogens with zero attached hydrogens (tertiary/aromatic N) is 3. The molecule has 0 amide bonds. The zero-order chi connectivity index (χ0) is 12.9. The fourth-order valence-corrected chi connectivity index (χ4v) is 2.58. The highest BCUT2D eigenvalue weighted by Crippen LogP contribution is 2.23. The molecule has 0 radical (unpaired) electrons. The summed E-state index contributed by atoms with van der Waals surface area (Å²) in [6.45, 7) is 3.78. The van der Waals surface area contributed by atoms with Crippen LogP contribution in [0.3, 0.4) is 0 Å². The highest BCUT2D eigenvalue weighted by atomic mass is 15.4. The summed E-state index contributed by atoms with van der Waals surface area (Å²) in [7, 11) is 0. The lowest BCUT2D eigenvalue weighted by Gasteiger charge is -2.18. The molecule has 100 valence electrons. The Morgan fingerprint density at radius 3 is 3.21 bits per heavy atom. The van der Waals surface area contributed by atoms with Crippen LogP contribution >= 0.6 is 0 Å². The highest BCUT2D eigenvalue weighted by Gasteiger charge is 2.16. The van der Waals surface area contributed by atoms with Gasteiger partial charge in [-0.1, -0.05) is 29.5 Å². The first-order chi connectivity index (χ1) is 9.43. The van der Waals surface area contributed by atoms with Crippen molar-refractivity contribution in [2.24, 2.45) is 0 Å². The first-order valence-corrected chi connectivity index (χ1v) is 6.79. The quantitative estimate of drug-likeness (QED) is 0.861. The summed E-state index contributed by atoms with van der Waals surface area (Å²) in [5, 5.41) is 14.9. The van der Waals surface area contributed by atoms with Gasteiger partial charge in [0.05, 0.1) is 12.7 Å². The normalized spacial score (nSPS) is 18.8. The van der Waals surface area contributed by atoms with E-state index in [0.717, 1.165) is 32.6 Å². The molecule has 1 unspecified atom stereocenters. The Hall–Kier alpha value is -1.72. The molecule has 0 bridgehead atoms. The van der Waals surface area contributed by atoms with Gasteiger partial charge in [0.1, 0.15) is 0 Å². The maximum absolute atomic E-state index is 3.98. The molecule has 1 atom stereocenters. The number of fused-ring (bicyclic) bond motifs is 1. The molecule has 2 aromatic rings. The Morgan fingerprint density at radius 1 is 1.37 bits per heavy atom. The predicted octanol–water partition coefficient (Wildman–Crippen LogP) is 1.10. The summed E-state index contributed by atoms with van der Waals surface area (Å²) < 4.78 is 1.86. The second-order valence-corrected chi connectivity index (χ2v) is 4.84. The van der Waals surface area contributed by atoms with Crippen molar-refractivity contribution in [3.63, 3.8) is 0 Å². The number of nitrogens with one attached hydrogen (secondary N) is 2. The van der Waals surface area contributed by atoms with Crippen molar-refractivity contribution in [2.75, 3.05) is 13.1 Å². The van der Waals surface area contributed by atoms with Crippen LogP contribution in [0.5, 0.6) is 0 Å². The second kappa shape index (κ2) is 5.95. The summed E-state index contributed by atoms with van der Waals surface area (Å²) in [6, 6.07) is 9.10. The minimum absolute atomic E-state index is 0.426. The average molecular weight is 257 g/mol. The summed E-state index contributed by atoms with van der Waals surface area (Å²) in [5.74, 6) is 0. The van der Waals surface area contributed by atoms with Crippen molar-refractivity contribution in [2.45, 2.75) is 25.6 Å². The Kier molecular flexibility index (Phi) is 3.86. The van der Waals surface area contributed by atoms with Gasteiger partial charge < -0.3 is 10.6 Å². The van der Waals surface area contributed by atoms with Gasteiger partial charge >= 0.3 is 0 Å². The number of aromatic nitrogens is 3. The zero-order valence-corrected chi connectivity index (χ0v) is 10.9. The summed E-state index contributed by atoms with van der Waals surface area (Å²) >= 11 is 0. The molecule has 2 heterocycles. The molecule has 1 aromatic heterocycles. The fourth-order valence-electron chi connectivity index (χ4n) is 2.58. The molecule has 5 heteroatoms. The van der Waals surface area contributed by atoms with Crippen molar-refractivity contribution in [3.05, 3.63) is 47.8 Å². The third-order valence-corrected chi connectivity index (χ3v) is 3.56. The van der Waals surface area contributed by atoms with Crippen molar-refractivity contribution in [3.8, 4) is 0 Å². The summed E-state index contributed by atoms with van der Waals surface area (Å²) in [6.07, 6.45) is 4.73. The van der Waals surface area contributed by atoms with Gasteiger partial charge in [-0.05, 0) is 24.1 Å². The van der Waals surface area contributed by atoms with E-state index in [4.69, 9.17) is 0 Å². The van der Waals surface area contributed by atoms with Crippen LogP contribution in [-0.2, 0) is 13.1 Å². The number of hydrogen-bond donors (Lipinski definition) is 2. The Labute approximate surface area is 113 Å². The largest absolute Gasteiger partial charge is 0.313 e. The molecule has 1 aromatic carbocycles. The Morgan fingerprint density at radius 2 is 2.32 bits per heavy atom. The molecule has 0 fully saturated rings. The first kappa shape index (κ1) is 12.3. The second-order valence-electron chi connectivity index (χ2n) is 4.84. The van der Waals surface area contributed by atoms with Gasteiger partial charge in [0.15, 0.2) is 0 Å². The van der Waals surface area contributed by atoms with Gasteiger partial charge in [-0.25, -0.2) is 0 Å². The third-order valence-electron chi connectivity index (χ3n) is 3.56. The number of benzene rings is 1. The predicted molar refractivity (Wildman–Crippen MR) is 73.5 cm³/mol. The van der Waals surface area contributed by atoms with Gasteiger partial charge in [-0.3, -0.25) is 4.68 Å². The van der Waals surface area contributed by atoms with Crippen molar-refractivity contribution < 1.29 is 0 Å². The molecule has 0 aliphatic carbocycles. The van der Waals surface area contributed by atoms with E-state index >= 15 is 0 Å². The molecule has 0 saturated carbocycles. The molecule has 2 N–H and O–H groups in total. The van der Waals surface area contributed by atoms with E-state index in [1.54, 1.807) is 6.20 Å². The van der Waals surface area contributed by atoms with E-state index < -0.39 is 0 Å². The van der Waals surface area contributed by atoms with E-state index in [2.05, 4.69) is 45.2 Å². The molecule has 0 saturated heterocycles. The van der Waals surface area contributed by atoms with Crippen molar-refractivity contribution in [1.82, 2.24) is 25.6 Å². The fraction of sp³-hybridized carbons (Fsp3) is 0.429. The zero-order valence-electron chi connectivity index (χ0n) is 10.9. The SMILES string of the molecule is c1ccc2c(c1)CNCCC2NCCn1ccnn1. The van der Waals surface area contributed by atoms with E-state index in [0.29, 0.717) is 6.04 Å². The van der Waals surface area contributed by atoms with E-state index in [9.17, 15) is 0 Å². The Balaban J connectivity index is 1.63. The molecule has 1 aliphatic rings. The Bertz CT molecular complexity index is 508. The maximum atomic E-state index is 3.98. The monoisotopic (exact) mass is 257 g/mol. The minimum Gasteiger partial charge on any atom is -0.313 e. The smallest absolute Gasteiger partial charge is 0.0692 e. The molecule has 19 heavy (non-hydrogen) atoms. The third kappa shape index (κ3) is 3.00. The van der Waals surface area contributed by atoms with Crippen LogP contribution in [0.15, 0.2) is 36.7 Å². The van der Waals surface area contributed by atoms with Crippen molar-refractivity contribution >= 4 is 0 Å². The van der Waals surface area contributed by atoms with Crippen LogP contribution < -0.4 is 10.6 Å². The summed E-state index contributed by atoms with van der Waals surface area (Å²) in [4.78, 5) is 0. The van der Waals surface area contributed by atoms with Crippen LogP contribution in [-0.4, -0.2) is 28.1 Å². The van der Waals surface area contributed by atoms with Gasteiger partial charge in [0, 0.05) is 25.3 Å². The van der Waals surface area contributed by atoms with Gasteiger partial charge in [0.2, 0.25) is 0 Å². The molecular formula is C14H19N5. The van der Waals surface area contributed by atoms with Gasteiger partial charge in [-0.2, -0.15) is 0 Å². The standard InChI is InChI=1S/C14H19N5/c1-2-4-13-12(3-1)11-15-6-5-14(13)16-7-9-19-10-8-17-18-19/h1-4,8,10,14-16H,5-7,9,11H2. The lowest BCUT2D eigenvalue weighted by molar-refractivity contribution is 0.459. The first-order valence-electron chi connectivity index (χ1n) is 6.79. The molecule has 1 aliphatic heterocycles. The summed E-state index contributed by atoms with van der Waals surface area (Å²) in [5.41, 5.74) is 2.82. The molecule has 0 spiro atoms. The van der Waals surface area contributed by atoms with Crippen LogP contribution in [0.4, 0.5) is 0 Å². The van der Waals surface area contributed by atoms with Crippen LogP contribution in [0, 0.1) is 0 Å². The average Bonchev–Trinajstić information content (AvgIpc) is 2.87. The van der Waals surface area contributed by atoms with Crippen molar-refractivity contribution in [1.29, 1.82) is 0 Å². The maximum Gasteiger partial charge on any atom is 0.0692 e. The van der Waals surface area contributed by atoms with E-state index in [1.807, 2.05) is 10.9 Å². The number of hydrogen-bond acceptors (Lipinski definition) is 4. The minimum atomic E-state index is 0.426. The van der Waals surface area contributed by atoms with Gasteiger partial charge in [0.25, 0.3) is 0 Å². The molecular weight excluding hydrogens is 238 g/mol. The van der Waals surface area contributed by atoms with E-state index in [1.165, 1.54) is 11.1 Å². The molecule has 3 rings (SSSR count). The lowest BCUT2D eigenvalue weighted by Crippen LogP contribution is -2.26. The number of rotatable bonds is 4. The van der Waals surface area contributed by atoms with Crippen LogP contribution in [0.25, 0.3) is 0 Å². The molecule has 5 nitrogen and oxygen atoms in total. The highest BCUT2D eigenvalue weighted by molar-refractivity contribution is 5.30. The van der Waals surface area contributed by atoms with E-state index in [-0.39, 0.29) is 0 Å². The lowest BCUT2D eigenvalue weighted by atomic mass is 9.99. The van der Waals surface area contributed by atoms with Crippen LogP contribution in [0.2, 0.25) is 0 Å².